The van der Waals surface area contributed by atoms with Crippen molar-refractivity contribution < 1.29 is 13.2 Å². The number of para-hydroxylation sites is 1. The van der Waals surface area contributed by atoms with Crippen molar-refractivity contribution in [2.45, 2.75) is 45.3 Å². The normalized spacial score (nSPS) is 13.2. The number of hydrogen-bond donors (Lipinski definition) is 1. The first-order chi connectivity index (χ1) is 9.89. The van der Waals surface area contributed by atoms with E-state index in [0.717, 1.165) is 30.6 Å². The topological polar surface area (TPSA) is 15.3 Å². The van der Waals surface area contributed by atoms with E-state index in [1.54, 1.807) is 11.9 Å². The standard InChI is InChI=1S/C16H25F3N2/c1-4-11-20-14(5-2)13-8-6-7-9-15(13)21(3)12-10-16(17,18)19/h6-9,14,20H,4-5,10-12H2,1-3H3. The highest BCUT2D eigenvalue weighted by molar-refractivity contribution is 5.54. The highest BCUT2D eigenvalue weighted by Crippen LogP contribution is 2.29. The maximum atomic E-state index is 12.4. The lowest BCUT2D eigenvalue weighted by Crippen LogP contribution is -2.28. The Hall–Kier alpha value is -1.23. The Bertz CT molecular complexity index is 418. The summed E-state index contributed by atoms with van der Waals surface area (Å²) in [4.78, 5) is 1.69. The lowest BCUT2D eigenvalue weighted by molar-refractivity contribution is -0.132. The van der Waals surface area contributed by atoms with Crippen LogP contribution < -0.4 is 10.2 Å². The fourth-order valence-corrected chi connectivity index (χ4v) is 2.34. The van der Waals surface area contributed by atoms with Crippen LogP contribution in [0.1, 0.15) is 44.7 Å². The number of nitrogens with one attached hydrogen (secondary N) is 1. The van der Waals surface area contributed by atoms with Gasteiger partial charge in [-0.3, -0.25) is 0 Å². The van der Waals surface area contributed by atoms with Crippen molar-refractivity contribution in [3.05, 3.63) is 29.8 Å². The average molecular weight is 302 g/mol. The van der Waals surface area contributed by atoms with Gasteiger partial charge in [-0.1, -0.05) is 32.0 Å². The third-order valence-corrected chi connectivity index (χ3v) is 3.50. The Morgan fingerprint density at radius 2 is 1.86 bits per heavy atom. The molecule has 1 unspecified atom stereocenters. The van der Waals surface area contributed by atoms with Crippen molar-refractivity contribution in [1.29, 1.82) is 0 Å². The van der Waals surface area contributed by atoms with Gasteiger partial charge in [0.1, 0.15) is 0 Å². The molecule has 1 aromatic rings. The molecule has 0 radical (unpaired) electrons. The summed E-state index contributed by atoms with van der Waals surface area (Å²) in [6.07, 6.45) is -2.97. The number of anilines is 1. The summed E-state index contributed by atoms with van der Waals surface area (Å²) in [5.74, 6) is 0. The molecular weight excluding hydrogens is 277 g/mol. The van der Waals surface area contributed by atoms with Gasteiger partial charge in [0.15, 0.2) is 0 Å². The fourth-order valence-electron chi connectivity index (χ4n) is 2.34. The molecule has 1 N–H and O–H groups in total. The van der Waals surface area contributed by atoms with Crippen molar-refractivity contribution in [2.24, 2.45) is 0 Å². The molecule has 0 spiro atoms. The van der Waals surface area contributed by atoms with Crippen LogP contribution in [0.25, 0.3) is 0 Å². The maximum Gasteiger partial charge on any atom is 0.390 e. The molecule has 0 amide bonds. The first kappa shape index (κ1) is 17.8. The first-order valence-electron chi connectivity index (χ1n) is 7.49. The molecule has 21 heavy (non-hydrogen) atoms. The zero-order valence-electron chi connectivity index (χ0n) is 13.0. The van der Waals surface area contributed by atoms with Crippen LogP contribution in [-0.2, 0) is 0 Å². The summed E-state index contributed by atoms with van der Waals surface area (Å²) in [6, 6.07) is 7.87. The molecule has 0 saturated heterocycles. The van der Waals surface area contributed by atoms with E-state index in [2.05, 4.69) is 19.2 Å². The maximum absolute atomic E-state index is 12.4. The predicted molar refractivity (Wildman–Crippen MR) is 81.7 cm³/mol. The Morgan fingerprint density at radius 1 is 1.19 bits per heavy atom. The molecule has 5 heteroatoms. The lowest BCUT2D eigenvalue weighted by atomic mass is 10.0. The Balaban J connectivity index is 2.86. The Labute approximate surface area is 125 Å². The molecule has 0 aliphatic carbocycles. The van der Waals surface area contributed by atoms with Gasteiger partial charge in [-0.15, -0.1) is 0 Å². The zero-order valence-corrected chi connectivity index (χ0v) is 13.0. The van der Waals surface area contributed by atoms with Crippen LogP contribution >= 0.6 is 0 Å². The molecule has 0 aliphatic rings. The molecule has 1 rings (SSSR count). The molecule has 0 saturated carbocycles. The van der Waals surface area contributed by atoms with Gasteiger partial charge in [-0.2, -0.15) is 13.2 Å². The third-order valence-electron chi connectivity index (χ3n) is 3.50. The summed E-state index contributed by atoms with van der Waals surface area (Å²) in [7, 11) is 1.72. The molecule has 0 bridgehead atoms. The zero-order chi connectivity index (χ0) is 15.9. The van der Waals surface area contributed by atoms with Gasteiger partial charge in [0.2, 0.25) is 0 Å². The van der Waals surface area contributed by atoms with Crippen molar-refractivity contribution in [2.75, 3.05) is 25.0 Å². The number of nitrogens with zero attached hydrogens (tertiary/aromatic N) is 1. The molecule has 1 atom stereocenters. The number of hydrogen-bond acceptors (Lipinski definition) is 2. The van der Waals surface area contributed by atoms with E-state index in [1.165, 1.54) is 0 Å². The van der Waals surface area contributed by atoms with Gasteiger partial charge in [-0.05, 0) is 31.0 Å². The minimum atomic E-state index is -4.12. The molecule has 0 fully saturated rings. The predicted octanol–water partition coefficient (Wildman–Crippen LogP) is 4.53. The highest BCUT2D eigenvalue weighted by atomic mass is 19.4. The lowest BCUT2D eigenvalue weighted by Gasteiger charge is -2.27. The summed E-state index contributed by atoms with van der Waals surface area (Å²) in [6.45, 7) is 5.06. The largest absolute Gasteiger partial charge is 0.390 e. The quantitative estimate of drug-likeness (QED) is 0.759. The molecule has 0 heterocycles. The molecule has 2 nitrogen and oxygen atoms in total. The van der Waals surface area contributed by atoms with Crippen LogP contribution in [-0.4, -0.2) is 26.3 Å². The number of halogens is 3. The van der Waals surface area contributed by atoms with Crippen molar-refractivity contribution >= 4 is 5.69 Å². The van der Waals surface area contributed by atoms with Crippen LogP contribution in [0.2, 0.25) is 0 Å². The van der Waals surface area contributed by atoms with Crippen molar-refractivity contribution in [1.82, 2.24) is 5.32 Å². The van der Waals surface area contributed by atoms with E-state index in [-0.39, 0.29) is 12.6 Å². The van der Waals surface area contributed by atoms with E-state index < -0.39 is 12.6 Å². The second-order valence-electron chi connectivity index (χ2n) is 5.26. The van der Waals surface area contributed by atoms with Crippen LogP contribution in [0.15, 0.2) is 24.3 Å². The SMILES string of the molecule is CCCNC(CC)c1ccccc1N(C)CCC(F)(F)F. The monoisotopic (exact) mass is 302 g/mol. The van der Waals surface area contributed by atoms with Crippen LogP contribution in [0.3, 0.4) is 0 Å². The fraction of sp³-hybridized carbons (Fsp3) is 0.625. The summed E-state index contributed by atoms with van der Waals surface area (Å²) >= 11 is 0. The van der Waals surface area contributed by atoms with Gasteiger partial charge in [0.25, 0.3) is 0 Å². The van der Waals surface area contributed by atoms with Gasteiger partial charge in [-0.25, -0.2) is 0 Å². The highest BCUT2D eigenvalue weighted by Gasteiger charge is 2.27. The average Bonchev–Trinajstić information content (AvgIpc) is 2.45. The van der Waals surface area contributed by atoms with E-state index in [1.807, 2.05) is 24.3 Å². The number of benzene rings is 1. The molecular formula is C16H25F3N2. The minimum Gasteiger partial charge on any atom is -0.374 e. The molecule has 120 valence electrons. The van der Waals surface area contributed by atoms with Crippen LogP contribution in [0.4, 0.5) is 18.9 Å². The molecule has 1 aromatic carbocycles. The van der Waals surface area contributed by atoms with Crippen molar-refractivity contribution in [3.63, 3.8) is 0 Å². The molecule has 0 aromatic heterocycles. The van der Waals surface area contributed by atoms with Crippen molar-refractivity contribution in [3.8, 4) is 0 Å². The second kappa shape index (κ2) is 8.27. The van der Waals surface area contributed by atoms with Gasteiger partial charge in [0.05, 0.1) is 6.42 Å². The van der Waals surface area contributed by atoms with E-state index in [4.69, 9.17) is 0 Å². The summed E-state index contributed by atoms with van der Waals surface area (Å²) in [5, 5.41) is 3.45. The molecule has 0 aliphatic heterocycles. The van der Waals surface area contributed by atoms with Crippen LogP contribution in [0, 0.1) is 0 Å². The van der Waals surface area contributed by atoms with E-state index in [9.17, 15) is 13.2 Å². The Morgan fingerprint density at radius 3 is 2.43 bits per heavy atom. The van der Waals surface area contributed by atoms with E-state index >= 15 is 0 Å². The number of alkyl halides is 3. The summed E-state index contributed by atoms with van der Waals surface area (Å²) < 4.78 is 37.2. The number of rotatable bonds is 8. The van der Waals surface area contributed by atoms with Gasteiger partial charge < -0.3 is 10.2 Å². The second-order valence-corrected chi connectivity index (χ2v) is 5.26. The minimum absolute atomic E-state index is 0.0231. The first-order valence-corrected chi connectivity index (χ1v) is 7.49. The third kappa shape index (κ3) is 5.96. The van der Waals surface area contributed by atoms with Crippen LogP contribution in [0.5, 0.6) is 0 Å². The van der Waals surface area contributed by atoms with Gasteiger partial charge in [0, 0.05) is 25.3 Å². The summed E-state index contributed by atoms with van der Waals surface area (Å²) in [5.41, 5.74) is 1.94. The Kier molecular flexibility index (Phi) is 7.02. The van der Waals surface area contributed by atoms with Gasteiger partial charge >= 0.3 is 6.18 Å². The smallest absolute Gasteiger partial charge is 0.374 e. The van der Waals surface area contributed by atoms with E-state index in [0.29, 0.717) is 0 Å².